The Kier molecular flexibility index (Phi) is 2.76. The van der Waals surface area contributed by atoms with Gasteiger partial charge in [0, 0.05) is 22.3 Å². The van der Waals surface area contributed by atoms with Gasteiger partial charge in [0.1, 0.15) is 5.82 Å². The molecule has 2 heterocycles. The third kappa shape index (κ3) is 1.98. The van der Waals surface area contributed by atoms with Crippen molar-refractivity contribution in [2.45, 2.75) is 0 Å². The van der Waals surface area contributed by atoms with Crippen LogP contribution in [0.15, 0.2) is 41.0 Å². The number of halogens is 2. The molecule has 0 aliphatic rings. The highest BCUT2D eigenvalue weighted by Crippen LogP contribution is 2.27. The monoisotopic (exact) mass is 316 g/mol. The van der Waals surface area contributed by atoms with Gasteiger partial charge in [0.25, 0.3) is 0 Å². The number of benzene rings is 1. The van der Waals surface area contributed by atoms with Gasteiger partial charge >= 0.3 is 0 Å². The Morgan fingerprint density at radius 1 is 1.21 bits per heavy atom. The first-order valence-corrected chi connectivity index (χ1v) is 6.18. The van der Waals surface area contributed by atoms with Crippen molar-refractivity contribution in [3.8, 4) is 17.5 Å². The molecule has 0 aliphatic carbocycles. The maximum atomic E-state index is 13.1. The predicted octanol–water partition coefficient (Wildman–Crippen LogP) is 3.17. The molecule has 0 unspecified atom stereocenters. The summed E-state index contributed by atoms with van der Waals surface area (Å²) in [5.41, 5.74) is 1.83. The zero-order chi connectivity index (χ0) is 13.4. The molecule has 92 valence electrons. The second-order valence-corrected chi connectivity index (χ2v) is 4.76. The third-order valence-corrected chi connectivity index (χ3v) is 3.37. The van der Waals surface area contributed by atoms with Crippen LogP contribution in [0.3, 0.4) is 0 Å². The number of nitrogens with zero attached hydrogens (tertiary/aromatic N) is 4. The maximum absolute atomic E-state index is 13.1. The summed E-state index contributed by atoms with van der Waals surface area (Å²) in [5.74, 6) is 0.266. The summed E-state index contributed by atoms with van der Waals surface area (Å²) in [6, 6.07) is 9.75. The number of hydrogen-bond donors (Lipinski definition) is 0. The van der Waals surface area contributed by atoms with Crippen molar-refractivity contribution in [3.63, 3.8) is 0 Å². The molecule has 0 aliphatic heterocycles. The smallest absolute Gasteiger partial charge is 0.169 e. The van der Waals surface area contributed by atoms with Crippen molar-refractivity contribution in [1.29, 1.82) is 5.26 Å². The molecule has 0 radical (unpaired) electrons. The van der Waals surface area contributed by atoms with E-state index >= 15 is 0 Å². The van der Waals surface area contributed by atoms with Crippen LogP contribution in [-0.4, -0.2) is 14.6 Å². The summed E-state index contributed by atoms with van der Waals surface area (Å²) in [5, 5.41) is 16.9. The fourth-order valence-electron chi connectivity index (χ4n) is 1.81. The summed E-state index contributed by atoms with van der Waals surface area (Å²) in [4.78, 5) is 0. The Balaban J connectivity index is 2.23. The van der Waals surface area contributed by atoms with Crippen LogP contribution in [0.2, 0.25) is 0 Å². The molecule has 3 rings (SSSR count). The summed E-state index contributed by atoms with van der Waals surface area (Å²) in [7, 11) is 0. The van der Waals surface area contributed by atoms with Gasteiger partial charge in [-0.25, -0.2) is 4.39 Å². The van der Waals surface area contributed by atoms with E-state index in [0.29, 0.717) is 21.5 Å². The molecule has 0 bridgehead atoms. The second kappa shape index (κ2) is 4.44. The minimum Gasteiger partial charge on any atom is -0.282 e. The van der Waals surface area contributed by atoms with Crippen LogP contribution in [0.5, 0.6) is 0 Å². The van der Waals surface area contributed by atoms with Gasteiger partial charge in [-0.05, 0) is 40.2 Å². The van der Waals surface area contributed by atoms with Crippen LogP contribution in [0.4, 0.5) is 4.39 Å². The minimum absolute atomic E-state index is 0.323. The number of pyridine rings is 1. The fourth-order valence-corrected chi connectivity index (χ4v) is 2.34. The topological polar surface area (TPSA) is 54.0 Å². The predicted molar refractivity (Wildman–Crippen MR) is 70.8 cm³/mol. The quantitative estimate of drug-likeness (QED) is 0.693. The van der Waals surface area contributed by atoms with Crippen LogP contribution < -0.4 is 0 Å². The molecule has 0 spiro atoms. The minimum atomic E-state index is -0.323. The van der Waals surface area contributed by atoms with E-state index in [1.54, 1.807) is 28.8 Å². The van der Waals surface area contributed by atoms with Crippen molar-refractivity contribution in [3.05, 3.63) is 52.4 Å². The van der Waals surface area contributed by atoms with Crippen LogP contribution in [0.25, 0.3) is 17.0 Å². The molecule has 0 N–H and O–H groups in total. The molecule has 2 aromatic heterocycles. The van der Waals surface area contributed by atoms with E-state index in [4.69, 9.17) is 5.26 Å². The fraction of sp³-hybridized carbons (Fsp3) is 0. The van der Waals surface area contributed by atoms with E-state index in [2.05, 4.69) is 26.1 Å². The number of fused-ring (bicyclic) bond motifs is 1. The van der Waals surface area contributed by atoms with Gasteiger partial charge < -0.3 is 0 Å². The lowest BCUT2D eigenvalue weighted by Crippen LogP contribution is -1.91. The first-order chi connectivity index (χ1) is 9.19. The lowest BCUT2D eigenvalue weighted by Gasteiger charge is -2.03. The van der Waals surface area contributed by atoms with Gasteiger partial charge in [0.2, 0.25) is 0 Å². The van der Waals surface area contributed by atoms with Gasteiger partial charge in [-0.2, -0.15) is 5.26 Å². The average molecular weight is 317 g/mol. The Morgan fingerprint density at radius 3 is 2.79 bits per heavy atom. The van der Waals surface area contributed by atoms with Crippen molar-refractivity contribution in [2.75, 3.05) is 0 Å². The van der Waals surface area contributed by atoms with E-state index < -0.39 is 0 Å². The number of hydrogen-bond acceptors (Lipinski definition) is 3. The molecule has 1 aromatic carbocycles. The Morgan fingerprint density at radius 2 is 2.05 bits per heavy atom. The first kappa shape index (κ1) is 11.8. The molecule has 6 heteroatoms. The van der Waals surface area contributed by atoms with Crippen molar-refractivity contribution < 1.29 is 4.39 Å². The Labute approximate surface area is 116 Å². The van der Waals surface area contributed by atoms with E-state index in [9.17, 15) is 4.39 Å². The van der Waals surface area contributed by atoms with Gasteiger partial charge in [-0.15, -0.1) is 10.2 Å². The number of nitriles is 1. The van der Waals surface area contributed by atoms with E-state index in [0.717, 1.165) is 5.56 Å². The zero-order valence-electron chi connectivity index (χ0n) is 9.51. The van der Waals surface area contributed by atoms with Crippen LogP contribution in [-0.2, 0) is 0 Å². The molecular formula is C13H6BrFN4. The van der Waals surface area contributed by atoms with Gasteiger partial charge in [0.05, 0.1) is 11.6 Å². The summed E-state index contributed by atoms with van der Waals surface area (Å²) >= 11 is 3.31. The highest BCUT2D eigenvalue weighted by molar-refractivity contribution is 9.10. The standard InChI is InChI=1S/C13H6BrFN4/c14-11-6-9(15)1-2-10(11)13-18-17-12-5-8(7-16)3-4-19(12)13/h1-6H. The highest BCUT2D eigenvalue weighted by Gasteiger charge is 2.12. The van der Waals surface area contributed by atoms with Crippen molar-refractivity contribution >= 4 is 21.6 Å². The summed E-state index contributed by atoms with van der Waals surface area (Å²) in [6.07, 6.45) is 1.72. The second-order valence-electron chi connectivity index (χ2n) is 3.90. The molecule has 3 aromatic rings. The van der Waals surface area contributed by atoms with E-state index in [1.807, 2.05) is 6.07 Å². The average Bonchev–Trinajstić information content (AvgIpc) is 2.81. The van der Waals surface area contributed by atoms with Gasteiger partial charge in [-0.1, -0.05) is 0 Å². The van der Waals surface area contributed by atoms with Crippen LogP contribution in [0.1, 0.15) is 5.56 Å². The lowest BCUT2D eigenvalue weighted by molar-refractivity contribution is 0.627. The van der Waals surface area contributed by atoms with Gasteiger partial charge in [0.15, 0.2) is 11.5 Å². The molecule has 0 saturated heterocycles. The summed E-state index contributed by atoms with van der Waals surface area (Å²) in [6.45, 7) is 0. The molecule has 0 saturated carbocycles. The van der Waals surface area contributed by atoms with Crippen molar-refractivity contribution in [1.82, 2.24) is 14.6 Å². The molecule has 0 amide bonds. The number of rotatable bonds is 1. The molecule has 0 atom stereocenters. The SMILES string of the molecule is N#Cc1ccn2c(-c3ccc(F)cc3Br)nnc2c1. The summed E-state index contributed by atoms with van der Waals surface area (Å²) < 4.78 is 15.4. The molecule has 0 fully saturated rings. The highest BCUT2D eigenvalue weighted by atomic mass is 79.9. The Hall–Kier alpha value is -2.26. The molecule has 19 heavy (non-hydrogen) atoms. The van der Waals surface area contributed by atoms with Crippen LogP contribution >= 0.6 is 15.9 Å². The molecular weight excluding hydrogens is 311 g/mol. The maximum Gasteiger partial charge on any atom is 0.169 e. The third-order valence-electron chi connectivity index (χ3n) is 2.71. The Bertz CT molecular complexity index is 819. The zero-order valence-corrected chi connectivity index (χ0v) is 11.1. The molecule has 4 nitrogen and oxygen atoms in total. The largest absolute Gasteiger partial charge is 0.282 e. The van der Waals surface area contributed by atoms with Gasteiger partial charge in [-0.3, -0.25) is 4.40 Å². The van der Waals surface area contributed by atoms with E-state index in [1.165, 1.54) is 12.1 Å². The lowest BCUT2D eigenvalue weighted by atomic mass is 10.2. The normalized spacial score (nSPS) is 10.6. The first-order valence-electron chi connectivity index (χ1n) is 5.39. The number of aromatic nitrogens is 3. The van der Waals surface area contributed by atoms with Crippen molar-refractivity contribution in [2.24, 2.45) is 0 Å². The van der Waals surface area contributed by atoms with E-state index in [-0.39, 0.29) is 5.82 Å². The van der Waals surface area contributed by atoms with Crippen LogP contribution in [0, 0.1) is 17.1 Å².